The molecule has 1 aromatic rings. The van der Waals surface area contributed by atoms with Gasteiger partial charge in [-0.25, -0.2) is 0 Å². The van der Waals surface area contributed by atoms with Crippen LogP contribution in [0, 0.1) is 6.92 Å². The zero-order valence-electron chi connectivity index (χ0n) is 13.8. The van der Waals surface area contributed by atoms with Crippen LogP contribution in [0.1, 0.15) is 49.3 Å². The van der Waals surface area contributed by atoms with Crippen LogP contribution in [0.25, 0.3) is 0 Å². The fourth-order valence-electron chi connectivity index (χ4n) is 3.64. The van der Waals surface area contributed by atoms with Crippen LogP contribution >= 0.6 is 24.2 Å². The molecule has 1 aliphatic carbocycles. The van der Waals surface area contributed by atoms with Gasteiger partial charge in [-0.15, -0.1) is 12.4 Å². The molecule has 1 unspecified atom stereocenters. The maximum absolute atomic E-state index is 12.8. The molecule has 1 aromatic carbocycles. The van der Waals surface area contributed by atoms with Crippen LogP contribution < -0.4 is 5.73 Å². The molecular formula is C18H27ClN2OS. The molecule has 3 nitrogen and oxygen atoms in total. The first-order valence-electron chi connectivity index (χ1n) is 8.35. The van der Waals surface area contributed by atoms with Gasteiger partial charge in [0.25, 0.3) is 0 Å². The molecule has 1 amide bonds. The van der Waals surface area contributed by atoms with E-state index < -0.39 is 6.04 Å². The standard InChI is InChI=1S/C18H26N2OS.ClH/c1-14-5-7-15(8-6-14)16(19)17(21)20-11-12-22-18(13-20)9-3-2-4-10-18;/h5-8,16H,2-4,9-13,19H2,1H3;1H. The van der Waals surface area contributed by atoms with Gasteiger partial charge >= 0.3 is 0 Å². The Labute approximate surface area is 149 Å². The highest BCUT2D eigenvalue weighted by atomic mass is 35.5. The molecule has 0 radical (unpaired) electrons. The summed E-state index contributed by atoms with van der Waals surface area (Å²) in [5, 5.41) is 0. The van der Waals surface area contributed by atoms with E-state index >= 15 is 0 Å². The molecule has 0 bridgehead atoms. The number of thioether (sulfide) groups is 1. The van der Waals surface area contributed by atoms with Crippen LogP contribution in [0.5, 0.6) is 0 Å². The Bertz CT molecular complexity index is 523. The molecule has 128 valence electrons. The van der Waals surface area contributed by atoms with Crippen molar-refractivity contribution in [1.82, 2.24) is 4.90 Å². The van der Waals surface area contributed by atoms with E-state index in [0.717, 1.165) is 24.4 Å². The molecule has 23 heavy (non-hydrogen) atoms. The Morgan fingerprint density at radius 2 is 1.87 bits per heavy atom. The summed E-state index contributed by atoms with van der Waals surface area (Å²) in [5.41, 5.74) is 8.36. The summed E-state index contributed by atoms with van der Waals surface area (Å²) in [6.45, 7) is 3.77. The lowest BCUT2D eigenvalue weighted by atomic mass is 9.87. The molecule has 1 spiro atoms. The predicted molar refractivity (Wildman–Crippen MR) is 100 cm³/mol. The third kappa shape index (κ3) is 4.23. The number of hydrogen-bond acceptors (Lipinski definition) is 3. The first kappa shape index (κ1) is 18.6. The fourth-order valence-corrected chi connectivity index (χ4v) is 5.21. The van der Waals surface area contributed by atoms with Crippen molar-refractivity contribution in [3.05, 3.63) is 35.4 Å². The van der Waals surface area contributed by atoms with Gasteiger partial charge in [0, 0.05) is 23.6 Å². The Kier molecular flexibility index (Phi) is 6.40. The quantitative estimate of drug-likeness (QED) is 0.880. The van der Waals surface area contributed by atoms with Crippen molar-refractivity contribution in [1.29, 1.82) is 0 Å². The molecule has 3 rings (SSSR count). The largest absolute Gasteiger partial charge is 0.339 e. The maximum atomic E-state index is 12.8. The van der Waals surface area contributed by atoms with E-state index in [9.17, 15) is 4.79 Å². The summed E-state index contributed by atoms with van der Waals surface area (Å²) in [7, 11) is 0. The number of hydrogen-bond donors (Lipinski definition) is 1. The van der Waals surface area contributed by atoms with E-state index in [4.69, 9.17) is 5.73 Å². The third-order valence-electron chi connectivity index (χ3n) is 5.03. The van der Waals surface area contributed by atoms with Gasteiger partial charge in [-0.05, 0) is 25.3 Å². The van der Waals surface area contributed by atoms with Crippen LogP contribution in [0.4, 0.5) is 0 Å². The van der Waals surface area contributed by atoms with Gasteiger partial charge in [-0.3, -0.25) is 4.79 Å². The van der Waals surface area contributed by atoms with Gasteiger partial charge in [0.05, 0.1) is 0 Å². The highest BCUT2D eigenvalue weighted by Crippen LogP contribution is 2.43. The van der Waals surface area contributed by atoms with Gasteiger partial charge in [0.1, 0.15) is 6.04 Å². The average Bonchev–Trinajstić information content (AvgIpc) is 2.55. The smallest absolute Gasteiger partial charge is 0.244 e. The van der Waals surface area contributed by atoms with Crippen molar-refractivity contribution >= 4 is 30.1 Å². The second-order valence-corrected chi connectivity index (χ2v) is 8.30. The first-order chi connectivity index (χ1) is 10.6. The Morgan fingerprint density at radius 1 is 1.22 bits per heavy atom. The van der Waals surface area contributed by atoms with Crippen molar-refractivity contribution in [2.24, 2.45) is 5.73 Å². The van der Waals surface area contributed by atoms with Crippen molar-refractivity contribution in [2.45, 2.75) is 49.8 Å². The van der Waals surface area contributed by atoms with E-state index in [1.807, 2.05) is 36.1 Å². The second kappa shape index (κ2) is 7.91. The second-order valence-electron chi connectivity index (χ2n) is 6.74. The van der Waals surface area contributed by atoms with Gasteiger partial charge in [0.15, 0.2) is 0 Å². The summed E-state index contributed by atoms with van der Waals surface area (Å²) in [6.07, 6.45) is 6.46. The van der Waals surface area contributed by atoms with Gasteiger partial charge in [-0.1, -0.05) is 49.1 Å². The average molecular weight is 355 g/mol. The first-order valence-corrected chi connectivity index (χ1v) is 9.33. The van der Waals surface area contributed by atoms with Crippen LogP contribution in [0.3, 0.4) is 0 Å². The van der Waals surface area contributed by atoms with Gasteiger partial charge in [0.2, 0.25) is 5.91 Å². The van der Waals surface area contributed by atoms with E-state index in [-0.39, 0.29) is 18.3 Å². The van der Waals surface area contributed by atoms with Gasteiger partial charge in [-0.2, -0.15) is 11.8 Å². The molecule has 1 heterocycles. The molecule has 1 saturated carbocycles. The van der Waals surface area contributed by atoms with E-state index in [1.165, 1.54) is 37.7 Å². The minimum absolute atomic E-state index is 0. The predicted octanol–water partition coefficient (Wildman–Crippen LogP) is 3.69. The van der Waals surface area contributed by atoms with Gasteiger partial charge < -0.3 is 10.6 Å². The SMILES string of the molecule is Cc1ccc(C(N)C(=O)N2CCSC3(CCCCC3)C2)cc1.Cl. The molecule has 5 heteroatoms. The Hall–Kier alpha value is -0.710. The number of nitrogens with two attached hydrogens (primary N) is 1. The number of amides is 1. The fraction of sp³-hybridized carbons (Fsp3) is 0.611. The van der Waals surface area contributed by atoms with Crippen molar-refractivity contribution < 1.29 is 4.79 Å². The monoisotopic (exact) mass is 354 g/mol. The minimum Gasteiger partial charge on any atom is -0.339 e. The maximum Gasteiger partial charge on any atom is 0.244 e. The van der Waals surface area contributed by atoms with E-state index in [0.29, 0.717) is 4.75 Å². The number of carbonyl (C=O) groups excluding carboxylic acids is 1. The number of rotatable bonds is 2. The lowest BCUT2D eigenvalue weighted by Crippen LogP contribution is -2.52. The summed E-state index contributed by atoms with van der Waals surface area (Å²) >= 11 is 2.08. The minimum atomic E-state index is -0.524. The number of carbonyl (C=O) groups is 1. The van der Waals surface area contributed by atoms with Crippen LogP contribution in [-0.4, -0.2) is 34.4 Å². The lowest BCUT2D eigenvalue weighted by molar-refractivity contribution is -0.133. The molecular weight excluding hydrogens is 328 g/mol. The van der Waals surface area contributed by atoms with E-state index in [2.05, 4.69) is 11.8 Å². The van der Waals surface area contributed by atoms with Crippen molar-refractivity contribution in [2.75, 3.05) is 18.8 Å². The topological polar surface area (TPSA) is 46.3 Å². The Balaban J connectivity index is 0.00000192. The zero-order chi connectivity index (χ0) is 15.6. The molecule has 2 fully saturated rings. The molecule has 2 aliphatic rings. The highest BCUT2D eigenvalue weighted by molar-refractivity contribution is 8.00. The highest BCUT2D eigenvalue weighted by Gasteiger charge is 2.39. The van der Waals surface area contributed by atoms with Crippen LogP contribution in [0.2, 0.25) is 0 Å². The molecule has 1 atom stereocenters. The van der Waals surface area contributed by atoms with Crippen LogP contribution in [-0.2, 0) is 4.79 Å². The summed E-state index contributed by atoms with van der Waals surface area (Å²) < 4.78 is 0.305. The van der Waals surface area contributed by atoms with Crippen molar-refractivity contribution in [3.63, 3.8) is 0 Å². The third-order valence-corrected chi connectivity index (χ3v) is 6.56. The molecule has 1 saturated heterocycles. The molecule has 2 N–H and O–H groups in total. The number of benzene rings is 1. The van der Waals surface area contributed by atoms with Crippen LogP contribution in [0.15, 0.2) is 24.3 Å². The summed E-state index contributed by atoms with van der Waals surface area (Å²) in [5.74, 6) is 1.14. The zero-order valence-corrected chi connectivity index (χ0v) is 15.4. The lowest BCUT2D eigenvalue weighted by Gasteiger charge is -2.45. The molecule has 1 aliphatic heterocycles. The molecule has 0 aromatic heterocycles. The normalized spacial score (nSPS) is 21.6. The van der Waals surface area contributed by atoms with E-state index in [1.54, 1.807) is 0 Å². The number of nitrogens with zero attached hydrogens (tertiary/aromatic N) is 1. The Morgan fingerprint density at radius 3 is 2.52 bits per heavy atom. The number of halogens is 1. The summed E-state index contributed by atoms with van der Waals surface area (Å²) in [6, 6.07) is 7.48. The van der Waals surface area contributed by atoms with Crippen molar-refractivity contribution in [3.8, 4) is 0 Å². The number of aryl methyl sites for hydroxylation is 1. The summed E-state index contributed by atoms with van der Waals surface area (Å²) in [4.78, 5) is 14.8.